The van der Waals surface area contributed by atoms with E-state index in [1.54, 1.807) is 12.1 Å². The SMILES string of the molecule is O=C(/C=C/c1ccc(O)cc1)OC[C@H]1O[C@@H](OC2=Cc3c(O)cc(O)cc3[OH+]C2c2ccc(O)c(O)c2)[C@H](O)[C@@H](O)[C@H]1O. The number of rotatable bonds is 7. The molecule has 2 heterocycles. The van der Waals surface area contributed by atoms with Crippen LogP contribution >= 0.6 is 0 Å². The van der Waals surface area contributed by atoms with Crippen molar-refractivity contribution in [3.05, 3.63) is 83.1 Å². The van der Waals surface area contributed by atoms with Gasteiger partial charge in [0.05, 0.1) is 11.6 Å². The first-order valence-electron chi connectivity index (χ1n) is 13.0. The van der Waals surface area contributed by atoms with Gasteiger partial charge < -0.3 is 59.8 Å². The zero-order valence-corrected chi connectivity index (χ0v) is 22.3. The second-order valence-electron chi connectivity index (χ2n) is 9.91. The van der Waals surface area contributed by atoms with E-state index < -0.39 is 55.1 Å². The summed E-state index contributed by atoms with van der Waals surface area (Å²) >= 11 is 0. The largest absolute Gasteiger partial charge is 0.571 e. The van der Waals surface area contributed by atoms with Crippen molar-refractivity contribution in [2.45, 2.75) is 36.8 Å². The van der Waals surface area contributed by atoms with Crippen molar-refractivity contribution in [1.29, 1.82) is 0 Å². The first-order chi connectivity index (χ1) is 20.5. The third-order valence-electron chi connectivity index (χ3n) is 6.88. The Labute approximate surface area is 244 Å². The van der Waals surface area contributed by atoms with Crippen LogP contribution in [-0.4, -0.2) is 88.9 Å². The number of phenolic OH excluding ortho intramolecular Hbond substituents is 5. The van der Waals surface area contributed by atoms with Crippen LogP contribution in [0.2, 0.25) is 0 Å². The van der Waals surface area contributed by atoms with Crippen LogP contribution in [0, 0.1) is 0 Å². The average molecular weight is 598 g/mol. The maximum atomic E-state index is 12.3. The molecule has 2 aliphatic heterocycles. The van der Waals surface area contributed by atoms with E-state index in [9.17, 15) is 45.6 Å². The highest BCUT2D eigenvalue weighted by molar-refractivity contribution is 5.87. The van der Waals surface area contributed by atoms with E-state index in [4.69, 9.17) is 14.2 Å². The summed E-state index contributed by atoms with van der Waals surface area (Å²) in [5.41, 5.74) is 1.08. The van der Waals surface area contributed by atoms with Gasteiger partial charge in [-0.15, -0.1) is 0 Å². The van der Waals surface area contributed by atoms with E-state index in [0.29, 0.717) is 11.1 Å². The number of ether oxygens (including phenoxy) is 4. The highest BCUT2D eigenvalue weighted by atomic mass is 16.7. The fourth-order valence-corrected chi connectivity index (χ4v) is 4.58. The molecule has 0 aromatic heterocycles. The molecule has 3 aromatic carbocycles. The third kappa shape index (κ3) is 6.44. The zero-order valence-electron chi connectivity index (χ0n) is 22.3. The van der Waals surface area contributed by atoms with E-state index in [-0.39, 0.29) is 40.1 Å². The third-order valence-corrected chi connectivity index (χ3v) is 6.88. The standard InChI is InChI=1S/C30H28O13/c31-16-5-1-14(2-6-16)3-8-25(36)40-13-24-26(37)27(38)28(39)30(43-24)42-23-12-18-20(34)10-17(32)11-22(18)41-29(23)15-4-7-19(33)21(35)9-15/h1-12,24,26-35,37-39H,13H2/p+1/b8-3+/t24-,26+,27+,28-,29?,30-/m1/s1. The van der Waals surface area contributed by atoms with Crippen molar-refractivity contribution in [3.8, 4) is 34.5 Å². The topological polar surface area (TPSA) is 219 Å². The van der Waals surface area contributed by atoms with Crippen LogP contribution in [0.1, 0.15) is 22.8 Å². The molecule has 43 heavy (non-hydrogen) atoms. The lowest BCUT2D eigenvalue weighted by Crippen LogP contribution is -2.59. The number of fused-ring (bicyclic) bond motifs is 1. The highest BCUT2D eigenvalue weighted by Crippen LogP contribution is 2.46. The molecule has 0 aliphatic carbocycles. The lowest BCUT2D eigenvalue weighted by molar-refractivity contribution is -0.296. The molecule has 0 saturated carbocycles. The molecule has 1 fully saturated rings. The van der Waals surface area contributed by atoms with Crippen molar-refractivity contribution < 1.29 is 64.6 Å². The summed E-state index contributed by atoms with van der Waals surface area (Å²) in [6.45, 7) is -0.523. The summed E-state index contributed by atoms with van der Waals surface area (Å²) in [7, 11) is 0. The molecule has 226 valence electrons. The van der Waals surface area contributed by atoms with Gasteiger partial charge in [0.2, 0.25) is 6.29 Å². The van der Waals surface area contributed by atoms with Gasteiger partial charge in [0, 0.05) is 18.2 Å². The van der Waals surface area contributed by atoms with Crippen molar-refractivity contribution >= 4 is 18.1 Å². The molecular weight excluding hydrogens is 568 g/mol. The van der Waals surface area contributed by atoms with E-state index in [1.165, 1.54) is 48.6 Å². The minimum absolute atomic E-state index is 0.0289. The Morgan fingerprint density at radius 2 is 1.58 bits per heavy atom. The predicted octanol–water partition coefficient (Wildman–Crippen LogP) is 1.63. The Bertz CT molecular complexity index is 1550. The van der Waals surface area contributed by atoms with Crippen LogP contribution in [0.5, 0.6) is 34.5 Å². The van der Waals surface area contributed by atoms with Gasteiger partial charge in [-0.2, -0.15) is 0 Å². The Morgan fingerprint density at radius 1 is 0.837 bits per heavy atom. The van der Waals surface area contributed by atoms with E-state index in [2.05, 4.69) is 4.74 Å². The lowest BCUT2D eigenvalue weighted by Gasteiger charge is -2.40. The fourth-order valence-electron chi connectivity index (χ4n) is 4.58. The zero-order chi connectivity index (χ0) is 30.8. The van der Waals surface area contributed by atoms with Gasteiger partial charge in [-0.05, 0) is 42.0 Å². The first-order valence-corrected chi connectivity index (χ1v) is 13.0. The Balaban J connectivity index is 1.35. The molecule has 0 bridgehead atoms. The summed E-state index contributed by atoms with van der Waals surface area (Å²) in [6, 6.07) is 12.3. The maximum absolute atomic E-state index is 12.3. The van der Waals surface area contributed by atoms with Gasteiger partial charge in [0.1, 0.15) is 53.8 Å². The first kappa shape index (κ1) is 29.5. The minimum atomic E-state index is -1.78. The number of phenols is 5. The molecule has 0 radical (unpaired) electrons. The van der Waals surface area contributed by atoms with Gasteiger partial charge in [-0.1, -0.05) is 12.1 Å². The quantitative estimate of drug-likeness (QED) is 0.0843. The molecule has 0 spiro atoms. The molecular formula is C30H29O13+. The summed E-state index contributed by atoms with van der Waals surface area (Å²) in [6.07, 6.45) is -5.28. The van der Waals surface area contributed by atoms with Gasteiger partial charge in [0.15, 0.2) is 17.3 Å². The molecule has 3 aromatic rings. The van der Waals surface area contributed by atoms with Crippen molar-refractivity contribution in [3.63, 3.8) is 0 Å². The second kappa shape index (κ2) is 12.1. The number of aliphatic hydroxyl groups is 4. The molecule has 6 atom stereocenters. The van der Waals surface area contributed by atoms with Crippen LogP contribution in [0.3, 0.4) is 0 Å². The van der Waals surface area contributed by atoms with E-state index >= 15 is 0 Å². The van der Waals surface area contributed by atoms with E-state index in [1.807, 2.05) is 0 Å². The molecule has 9 N–H and O–H groups in total. The number of benzene rings is 3. The number of aliphatic hydroxyl groups excluding tert-OH is 3. The summed E-state index contributed by atoms with van der Waals surface area (Å²) in [4.78, 5) is 12.3. The summed E-state index contributed by atoms with van der Waals surface area (Å²) in [5.74, 6) is -2.02. The summed E-state index contributed by atoms with van der Waals surface area (Å²) < 4.78 is 21.3. The number of hydrogen-bond acceptors (Lipinski definition) is 12. The van der Waals surface area contributed by atoms with Crippen LogP contribution in [0.25, 0.3) is 12.2 Å². The van der Waals surface area contributed by atoms with Crippen LogP contribution in [0.4, 0.5) is 0 Å². The average Bonchev–Trinajstić information content (AvgIpc) is 2.98. The highest BCUT2D eigenvalue weighted by Gasteiger charge is 2.47. The van der Waals surface area contributed by atoms with Gasteiger partial charge in [-0.25, -0.2) is 4.79 Å². The molecule has 13 heteroatoms. The fraction of sp³-hybridized carbons (Fsp3) is 0.233. The monoisotopic (exact) mass is 597 g/mol. The van der Waals surface area contributed by atoms with Gasteiger partial charge in [0.25, 0.3) is 11.9 Å². The lowest BCUT2D eigenvalue weighted by atomic mass is 9.98. The van der Waals surface area contributed by atoms with Gasteiger partial charge >= 0.3 is 5.97 Å². The molecule has 5 rings (SSSR count). The molecule has 2 aliphatic rings. The smallest absolute Gasteiger partial charge is 0.330 e. The molecule has 0 amide bonds. The van der Waals surface area contributed by atoms with E-state index in [0.717, 1.165) is 12.1 Å². The Morgan fingerprint density at radius 3 is 2.30 bits per heavy atom. The molecule has 1 saturated heterocycles. The summed E-state index contributed by atoms with van der Waals surface area (Å²) in [5, 5.41) is 81.2. The second-order valence-corrected chi connectivity index (χ2v) is 9.91. The maximum Gasteiger partial charge on any atom is 0.330 e. The minimum Gasteiger partial charge on any atom is -0.571 e. The Kier molecular flexibility index (Phi) is 8.32. The van der Waals surface area contributed by atoms with Gasteiger partial charge in [-0.3, -0.25) is 0 Å². The number of aromatic hydroxyl groups is 6. The van der Waals surface area contributed by atoms with Crippen LogP contribution in [-0.2, 0) is 19.0 Å². The van der Waals surface area contributed by atoms with Crippen molar-refractivity contribution in [1.82, 2.24) is 0 Å². The Hall–Kier alpha value is -4.95. The number of carbonyl (C=O) groups excluding carboxylic acids is 1. The normalized spacial score (nSPS) is 25.0. The van der Waals surface area contributed by atoms with Crippen molar-refractivity contribution in [2.24, 2.45) is 0 Å². The molecule has 13 nitrogen and oxygen atoms in total. The number of hydrogen-bond donors (Lipinski definition) is 8. The number of esters is 1. The van der Waals surface area contributed by atoms with Crippen molar-refractivity contribution in [2.75, 3.05) is 6.61 Å². The number of carbonyl (C=O) groups is 1. The predicted molar refractivity (Wildman–Crippen MR) is 148 cm³/mol. The van der Waals surface area contributed by atoms with Crippen LogP contribution in [0.15, 0.2) is 66.4 Å². The molecule has 1 unspecified atom stereocenters. The van der Waals surface area contributed by atoms with Crippen LogP contribution < -0.4 is 0 Å².